The van der Waals surface area contributed by atoms with Crippen LogP contribution in [0, 0.1) is 0 Å². The van der Waals surface area contributed by atoms with Gasteiger partial charge in [0.25, 0.3) is 0 Å². The van der Waals surface area contributed by atoms with Crippen molar-refractivity contribution in [3.05, 3.63) is 5.69 Å². The second kappa shape index (κ2) is 4.56. The highest BCUT2D eigenvalue weighted by Crippen LogP contribution is 2.30. The maximum absolute atomic E-state index is 9.83. The maximum atomic E-state index is 9.83. The van der Waals surface area contributed by atoms with Crippen molar-refractivity contribution in [2.24, 2.45) is 7.05 Å². The minimum Gasteiger partial charge on any atom is -0.394 e. The van der Waals surface area contributed by atoms with Crippen molar-refractivity contribution in [3.63, 3.8) is 0 Å². The molecule has 0 saturated heterocycles. The van der Waals surface area contributed by atoms with E-state index in [-0.39, 0.29) is 0 Å². The molecule has 5 heteroatoms. The summed E-state index contributed by atoms with van der Waals surface area (Å²) >= 11 is 0. The van der Waals surface area contributed by atoms with E-state index in [4.69, 9.17) is 5.73 Å². The van der Waals surface area contributed by atoms with Gasteiger partial charge >= 0.3 is 0 Å². The predicted molar refractivity (Wildman–Crippen MR) is 71.3 cm³/mol. The zero-order chi connectivity index (χ0) is 13.4. The minimum atomic E-state index is -0.760. The Morgan fingerprint density at radius 1 is 1.47 bits per heavy atom. The van der Waals surface area contributed by atoms with Crippen molar-refractivity contribution in [2.45, 2.75) is 39.2 Å². The monoisotopic (exact) mass is 240 g/mol. The van der Waals surface area contributed by atoms with Crippen molar-refractivity contribution in [2.75, 3.05) is 24.2 Å². The van der Waals surface area contributed by atoms with E-state index in [0.717, 1.165) is 11.5 Å². The summed E-state index contributed by atoms with van der Waals surface area (Å²) in [5.74, 6) is 1.15. The van der Waals surface area contributed by atoms with Gasteiger partial charge in [-0.15, -0.1) is 0 Å². The summed E-state index contributed by atoms with van der Waals surface area (Å²) in [5.41, 5.74) is 6.97. The summed E-state index contributed by atoms with van der Waals surface area (Å²) in [6.07, 6.45) is 0. The van der Waals surface area contributed by atoms with Crippen molar-refractivity contribution in [3.8, 4) is 0 Å². The lowest BCUT2D eigenvalue weighted by atomic mass is 10.1. The molecule has 0 aliphatic heterocycles. The molecule has 5 nitrogen and oxygen atoms in total. The number of aryl methyl sites for hydroxylation is 1. The summed E-state index contributed by atoms with van der Waals surface area (Å²) in [7, 11) is 3.79. The third kappa shape index (κ3) is 3.12. The lowest BCUT2D eigenvalue weighted by Gasteiger charge is -2.27. The molecule has 1 aromatic rings. The van der Waals surface area contributed by atoms with Gasteiger partial charge in [0.05, 0.1) is 17.0 Å². The molecule has 98 valence electrons. The van der Waals surface area contributed by atoms with Crippen LogP contribution in [0.1, 0.15) is 39.3 Å². The number of anilines is 2. The highest BCUT2D eigenvalue weighted by Gasteiger charge is 2.22. The van der Waals surface area contributed by atoms with Crippen LogP contribution in [-0.2, 0) is 7.05 Å². The first kappa shape index (κ1) is 13.8. The van der Waals surface area contributed by atoms with E-state index in [2.05, 4.69) is 18.9 Å². The molecule has 0 amide bonds. The summed E-state index contributed by atoms with van der Waals surface area (Å²) in [5, 5.41) is 14.3. The van der Waals surface area contributed by atoms with Crippen molar-refractivity contribution in [1.29, 1.82) is 0 Å². The Kier molecular flexibility index (Phi) is 3.71. The topological polar surface area (TPSA) is 67.3 Å². The summed E-state index contributed by atoms with van der Waals surface area (Å²) < 4.78 is 1.77. The predicted octanol–water partition coefficient (Wildman–Crippen LogP) is 1.33. The van der Waals surface area contributed by atoms with Gasteiger partial charge in [0.15, 0.2) is 0 Å². The molecule has 0 radical (unpaired) electrons. The van der Waals surface area contributed by atoms with Gasteiger partial charge in [-0.2, -0.15) is 5.10 Å². The second-order valence-corrected chi connectivity index (χ2v) is 5.57. The minimum absolute atomic E-state index is 0.297. The zero-order valence-electron chi connectivity index (χ0n) is 11.7. The third-order valence-electron chi connectivity index (χ3n) is 2.61. The van der Waals surface area contributed by atoms with Gasteiger partial charge in [-0.3, -0.25) is 4.68 Å². The molecular formula is C12H24N4O. The quantitative estimate of drug-likeness (QED) is 0.833. The number of hydrogen-bond donors (Lipinski definition) is 2. The number of nitrogens with zero attached hydrogens (tertiary/aromatic N) is 3. The molecule has 0 bridgehead atoms. The molecule has 0 spiro atoms. The van der Waals surface area contributed by atoms with Gasteiger partial charge in [-0.1, -0.05) is 13.8 Å². The van der Waals surface area contributed by atoms with Crippen LogP contribution < -0.4 is 10.6 Å². The number of nitrogens with two attached hydrogens (primary N) is 1. The van der Waals surface area contributed by atoms with Gasteiger partial charge in [0.2, 0.25) is 0 Å². The maximum Gasteiger partial charge on any atom is 0.150 e. The molecular weight excluding hydrogens is 216 g/mol. The molecule has 3 N–H and O–H groups in total. The molecule has 0 aliphatic rings. The lowest BCUT2D eigenvalue weighted by molar-refractivity contribution is 0.0883. The largest absolute Gasteiger partial charge is 0.394 e. The zero-order valence-corrected chi connectivity index (χ0v) is 11.7. The fourth-order valence-corrected chi connectivity index (χ4v) is 2.09. The Balaban J connectivity index is 3.06. The fourth-order valence-electron chi connectivity index (χ4n) is 2.09. The first-order valence-electron chi connectivity index (χ1n) is 5.89. The van der Waals surface area contributed by atoms with Crippen molar-refractivity contribution >= 4 is 11.5 Å². The van der Waals surface area contributed by atoms with Gasteiger partial charge in [0, 0.05) is 20.6 Å². The van der Waals surface area contributed by atoms with Crippen LogP contribution in [0.5, 0.6) is 0 Å². The molecule has 0 fully saturated rings. The smallest absolute Gasteiger partial charge is 0.150 e. The van der Waals surface area contributed by atoms with Gasteiger partial charge in [0.1, 0.15) is 5.82 Å². The van der Waals surface area contributed by atoms with Crippen LogP contribution >= 0.6 is 0 Å². The van der Waals surface area contributed by atoms with Crippen LogP contribution in [-0.4, -0.2) is 34.1 Å². The number of likely N-dealkylation sites (N-methyl/N-ethyl adjacent to an activating group) is 1. The van der Waals surface area contributed by atoms with Crippen molar-refractivity contribution in [1.82, 2.24) is 9.78 Å². The average molecular weight is 240 g/mol. The van der Waals surface area contributed by atoms with E-state index >= 15 is 0 Å². The molecule has 1 rings (SSSR count). The van der Waals surface area contributed by atoms with Gasteiger partial charge in [-0.25, -0.2) is 0 Å². The van der Waals surface area contributed by atoms with E-state index in [9.17, 15) is 5.11 Å². The van der Waals surface area contributed by atoms with Gasteiger partial charge in [-0.05, 0) is 19.8 Å². The average Bonchev–Trinajstić information content (AvgIpc) is 2.38. The first-order valence-corrected chi connectivity index (χ1v) is 5.89. The Morgan fingerprint density at radius 2 is 2.00 bits per heavy atom. The molecule has 0 saturated carbocycles. The summed E-state index contributed by atoms with van der Waals surface area (Å²) in [6, 6.07) is 0. The molecule has 17 heavy (non-hydrogen) atoms. The number of hydrogen-bond acceptors (Lipinski definition) is 4. The van der Waals surface area contributed by atoms with E-state index in [0.29, 0.717) is 18.2 Å². The number of aromatic nitrogens is 2. The van der Waals surface area contributed by atoms with E-state index in [1.165, 1.54) is 0 Å². The Labute approximate surface area is 103 Å². The van der Waals surface area contributed by atoms with Crippen LogP contribution in [0.4, 0.5) is 11.5 Å². The molecule has 1 heterocycles. The molecule has 0 atom stereocenters. The first-order chi connectivity index (χ1) is 7.63. The Hall–Kier alpha value is -1.23. The van der Waals surface area contributed by atoms with Gasteiger partial charge < -0.3 is 15.7 Å². The Morgan fingerprint density at radius 3 is 2.35 bits per heavy atom. The standard InChI is InChI=1S/C12H24N4O/c1-8(2)10-9(13)11(16(6)14-10)15(5)7-12(3,4)17/h8,17H,7,13H2,1-6H3. The molecule has 0 unspecified atom stereocenters. The number of aliphatic hydroxyl groups is 1. The second-order valence-electron chi connectivity index (χ2n) is 5.57. The summed E-state index contributed by atoms with van der Waals surface area (Å²) in [4.78, 5) is 1.94. The lowest BCUT2D eigenvalue weighted by Crippen LogP contribution is -2.37. The van der Waals surface area contributed by atoms with Crippen LogP contribution in [0.3, 0.4) is 0 Å². The number of nitrogen functional groups attached to an aromatic ring is 1. The molecule has 1 aromatic heterocycles. The normalized spacial score (nSPS) is 12.2. The summed E-state index contributed by atoms with van der Waals surface area (Å²) in [6.45, 7) is 8.20. The Bertz CT molecular complexity index is 390. The highest BCUT2D eigenvalue weighted by atomic mass is 16.3. The number of rotatable bonds is 4. The van der Waals surface area contributed by atoms with Crippen LogP contribution in [0.15, 0.2) is 0 Å². The SMILES string of the molecule is CC(C)c1nn(C)c(N(C)CC(C)(C)O)c1N. The van der Waals surface area contributed by atoms with E-state index < -0.39 is 5.60 Å². The van der Waals surface area contributed by atoms with E-state index in [1.54, 1.807) is 18.5 Å². The molecule has 0 aromatic carbocycles. The fraction of sp³-hybridized carbons (Fsp3) is 0.750. The van der Waals surface area contributed by atoms with E-state index in [1.807, 2.05) is 19.0 Å². The van der Waals surface area contributed by atoms with Crippen molar-refractivity contribution < 1.29 is 5.11 Å². The highest BCUT2D eigenvalue weighted by molar-refractivity contribution is 5.66. The molecule has 0 aliphatic carbocycles. The third-order valence-corrected chi connectivity index (χ3v) is 2.61. The van der Waals surface area contributed by atoms with Crippen LogP contribution in [0.25, 0.3) is 0 Å². The van der Waals surface area contributed by atoms with Crippen LogP contribution in [0.2, 0.25) is 0 Å².